The Labute approximate surface area is 228 Å². The predicted molar refractivity (Wildman–Crippen MR) is 157 cm³/mol. The van der Waals surface area contributed by atoms with Crippen molar-refractivity contribution < 1.29 is 14.2 Å². The average Bonchev–Trinajstić information content (AvgIpc) is 3.38. The third-order valence-electron chi connectivity index (χ3n) is 5.71. The Kier molecular flexibility index (Phi) is 10.1. The van der Waals surface area contributed by atoms with Gasteiger partial charge in [-0.1, -0.05) is 38.3 Å². The largest absolute Gasteiger partial charge is 0.494 e. The topological polar surface area (TPSA) is 77.3 Å². The predicted octanol–water partition coefficient (Wildman–Crippen LogP) is 7.36. The first-order chi connectivity index (χ1) is 18.7. The number of hydrogen-bond acceptors (Lipinski definition) is 7. The second kappa shape index (κ2) is 14.1. The van der Waals surface area contributed by atoms with Gasteiger partial charge < -0.3 is 14.2 Å². The zero-order valence-electron chi connectivity index (χ0n) is 22.1. The third kappa shape index (κ3) is 7.55. The van der Waals surface area contributed by atoms with Crippen LogP contribution in [0.15, 0.2) is 76.8 Å². The van der Waals surface area contributed by atoms with E-state index in [1.807, 2.05) is 73.7 Å². The van der Waals surface area contributed by atoms with Crippen LogP contribution >= 0.6 is 11.3 Å². The number of benzene rings is 3. The van der Waals surface area contributed by atoms with Crippen molar-refractivity contribution in [1.29, 1.82) is 0 Å². The van der Waals surface area contributed by atoms with Gasteiger partial charge in [-0.15, -0.1) is 11.3 Å². The summed E-state index contributed by atoms with van der Waals surface area (Å²) in [4.78, 5) is 9.56. The fourth-order valence-corrected chi connectivity index (χ4v) is 4.67. The molecule has 3 aromatic carbocycles. The van der Waals surface area contributed by atoms with E-state index in [0.717, 1.165) is 44.4 Å². The summed E-state index contributed by atoms with van der Waals surface area (Å²) in [5.74, 6) is 2.78. The van der Waals surface area contributed by atoms with Gasteiger partial charge in [0.15, 0.2) is 22.3 Å². The zero-order chi connectivity index (χ0) is 26.6. The number of para-hydroxylation sites is 1. The van der Waals surface area contributed by atoms with Crippen LogP contribution in [-0.4, -0.2) is 37.4 Å². The van der Waals surface area contributed by atoms with E-state index < -0.39 is 0 Å². The summed E-state index contributed by atoms with van der Waals surface area (Å²) in [6.45, 7) is 5.46. The van der Waals surface area contributed by atoms with E-state index in [1.165, 1.54) is 19.3 Å². The minimum Gasteiger partial charge on any atom is -0.494 e. The van der Waals surface area contributed by atoms with Crippen molar-refractivity contribution in [1.82, 2.24) is 10.4 Å². The Balaban J connectivity index is 1.51. The number of hydrogen-bond donors (Lipinski definition) is 1. The molecule has 0 aliphatic rings. The molecule has 198 valence electrons. The maximum absolute atomic E-state index is 5.93. The molecule has 38 heavy (non-hydrogen) atoms. The van der Waals surface area contributed by atoms with Crippen LogP contribution < -0.4 is 19.6 Å². The van der Waals surface area contributed by atoms with E-state index in [2.05, 4.69) is 17.5 Å². The quantitative estimate of drug-likeness (QED) is 0.0845. The van der Waals surface area contributed by atoms with Crippen LogP contribution in [0.2, 0.25) is 0 Å². The van der Waals surface area contributed by atoms with Gasteiger partial charge in [-0.2, -0.15) is 5.10 Å². The molecule has 0 unspecified atom stereocenters. The van der Waals surface area contributed by atoms with Crippen LogP contribution in [0.25, 0.3) is 10.2 Å². The summed E-state index contributed by atoms with van der Waals surface area (Å²) in [5.41, 5.74) is 5.67. The van der Waals surface area contributed by atoms with Crippen molar-refractivity contribution in [2.45, 2.75) is 39.5 Å². The lowest BCUT2D eigenvalue weighted by atomic mass is 10.2. The fraction of sp³-hybridized carbons (Fsp3) is 0.300. The summed E-state index contributed by atoms with van der Waals surface area (Å²) in [6, 6.07) is 21.4. The van der Waals surface area contributed by atoms with Crippen molar-refractivity contribution in [3.8, 4) is 17.2 Å². The Morgan fingerprint density at radius 3 is 2.55 bits per heavy atom. The Morgan fingerprint density at radius 2 is 1.79 bits per heavy atom. The molecule has 1 heterocycles. The number of hydrazone groups is 1. The molecule has 0 saturated heterocycles. The van der Waals surface area contributed by atoms with Crippen molar-refractivity contribution >= 4 is 39.3 Å². The Morgan fingerprint density at radius 1 is 0.947 bits per heavy atom. The smallest absolute Gasteiger partial charge is 0.183 e. The van der Waals surface area contributed by atoms with Crippen molar-refractivity contribution in [3.63, 3.8) is 0 Å². The summed E-state index contributed by atoms with van der Waals surface area (Å²) in [5, 5.41) is 5.22. The van der Waals surface area contributed by atoms with Gasteiger partial charge in [0.25, 0.3) is 0 Å². The van der Waals surface area contributed by atoms with Crippen LogP contribution in [0.4, 0.5) is 5.69 Å². The van der Waals surface area contributed by atoms with Gasteiger partial charge in [-0.05, 0) is 73.5 Å². The van der Waals surface area contributed by atoms with Crippen LogP contribution in [0.3, 0.4) is 0 Å². The number of aliphatic imine (C=N–C) groups is 1. The van der Waals surface area contributed by atoms with Gasteiger partial charge in [-0.3, -0.25) is 5.43 Å². The van der Waals surface area contributed by atoms with Gasteiger partial charge in [0, 0.05) is 0 Å². The second-order valence-electron chi connectivity index (χ2n) is 8.56. The molecule has 4 rings (SSSR count). The molecule has 0 bridgehead atoms. The Hall–Kier alpha value is -3.91. The maximum atomic E-state index is 5.93. The number of aromatic nitrogens is 1. The number of fused-ring (bicyclic) bond motifs is 1. The molecular formula is C30H34N4O3S. The lowest BCUT2D eigenvalue weighted by Crippen LogP contribution is -2.18. The van der Waals surface area contributed by atoms with Crippen molar-refractivity contribution in [2.75, 3.05) is 20.3 Å². The highest BCUT2D eigenvalue weighted by Gasteiger charge is 2.11. The van der Waals surface area contributed by atoms with Crippen molar-refractivity contribution in [2.24, 2.45) is 10.1 Å². The molecule has 7 nitrogen and oxygen atoms in total. The Bertz CT molecular complexity index is 1330. The molecule has 0 radical (unpaired) electrons. The summed E-state index contributed by atoms with van der Waals surface area (Å²) >= 11 is 1.56. The summed E-state index contributed by atoms with van der Waals surface area (Å²) < 4.78 is 18.1. The normalized spacial score (nSPS) is 11.7. The monoisotopic (exact) mass is 530 g/mol. The highest BCUT2D eigenvalue weighted by Crippen LogP contribution is 2.28. The number of nitrogens with zero attached hydrogens (tertiary/aromatic N) is 3. The second-order valence-corrected chi connectivity index (χ2v) is 9.59. The van der Waals surface area contributed by atoms with Crippen LogP contribution in [0.5, 0.6) is 17.2 Å². The van der Waals surface area contributed by atoms with Crippen molar-refractivity contribution in [3.05, 3.63) is 77.3 Å². The first-order valence-corrected chi connectivity index (χ1v) is 13.8. The average molecular weight is 531 g/mol. The number of unbranched alkanes of at least 4 members (excludes halogenated alkanes) is 3. The number of thiazole rings is 1. The molecule has 0 aliphatic heterocycles. The molecule has 1 aromatic heterocycles. The van der Waals surface area contributed by atoms with E-state index in [1.54, 1.807) is 24.7 Å². The number of rotatable bonds is 13. The van der Waals surface area contributed by atoms with E-state index >= 15 is 0 Å². The highest BCUT2D eigenvalue weighted by molar-refractivity contribution is 7.20. The van der Waals surface area contributed by atoms with Crippen LogP contribution in [-0.2, 0) is 0 Å². The van der Waals surface area contributed by atoms with Crippen LogP contribution in [0.1, 0.15) is 50.1 Å². The van der Waals surface area contributed by atoms with E-state index in [0.29, 0.717) is 24.8 Å². The molecule has 0 aliphatic carbocycles. The number of amidine groups is 1. The minimum atomic E-state index is 0.561. The SMILES string of the molecule is CCCCCCOc1ccc(C=NNC(=Nc2ccc(OCC)cc2)c2nc3ccccc3s2)cc1OC. The van der Waals surface area contributed by atoms with E-state index in [9.17, 15) is 0 Å². The first-order valence-electron chi connectivity index (χ1n) is 13.0. The zero-order valence-corrected chi connectivity index (χ0v) is 23.0. The number of nitrogens with one attached hydrogen (secondary N) is 1. The maximum Gasteiger partial charge on any atom is 0.183 e. The van der Waals surface area contributed by atoms with Gasteiger partial charge >= 0.3 is 0 Å². The molecule has 8 heteroatoms. The van der Waals surface area contributed by atoms with E-state index in [-0.39, 0.29) is 0 Å². The standard InChI is InChI=1S/C30H34N4O3S/c1-4-6-7-10-19-37-26-18-13-22(20-27(26)35-3)21-31-34-29(30-33-25-11-8-9-12-28(25)38-30)32-23-14-16-24(17-15-23)36-5-2/h8-9,11-18,20-21H,4-7,10,19H2,1-3H3,(H,32,34). The molecular weight excluding hydrogens is 496 g/mol. The molecule has 0 spiro atoms. The summed E-state index contributed by atoms with van der Waals surface area (Å²) in [7, 11) is 1.65. The molecule has 0 fully saturated rings. The summed E-state index contributed by atoms with van der Waals surface area (Å²) in [6.07, 6.45) is 6.37. The third-order valence-corrected chi connectivity index (χ3v) is 6.76. The van der Waals surface area contributed by atoms with Gasteiger partial charge in [0.05, 0.1) is 42.4 Å². The molecule has 1 N–H and O–H groups in total. The lowest BCUT2D eigenvalue weighted by molar-refractivity contribution is 0.285. The first kappa shape index (κ1) is 27.1. The molecule has 4 aromatic rings. The minimum absolute atomic E-state index is 0.561. The number of ether oxygens (including phenoxy) is 3. The fourth-order valence-electron chi connectivity index (χ4n) is 3.77. The molecule has 0 atom stereocenters. The highest BCUT2D eigenvalue weighted by atomic mass is 32.1. The van der Waals surface area contributed by atoms with Crippen LogP contribution in [0, 0.1) is 0 Å². The number of methoxy groups -OCH3 is 1. The molecule has 0 amide bonds. The van der Waals surface area contributed by atoms with Gasteiger partial charge in [0.2, 0.25) is 0 Å². The van der Waals surface area contributed by atoms with E-state index in [4.69, 9.17) is 24.2 Å². The lowest BCUT2D eigenvalue weighted by Gasteiger charge is -2.11. The van der Waals surface area contributed by atoms with Gasteiger partial charge in [0.1, 0.15) is 5.75 Å². The van der Waals surface area contributed by atoms with Gasteiger partial charge in [-0.25, -0.2) is 9.98 Å². The molecule has 0 saturated carbocycles.